The molecule has 1 aromatic rings. The number of morpholine rings is 1. The van der Waals surface area contributed by atoms with Crippen molar-refractivity contribution < 1.29 is 27.4 Å². The normalized spacial score (nSPS) is 19.8. The largest absolute Gasteiger partial charge is 0.467 e. The fourth-order valence-electron chi connectivity index (χ4n) is 2.09. The molecule has 110 valence electrons. The van der Waals surface area contributed by atoms with E-state index < -0.39 is 23.8 Å². The van der Waals surface area contributed by atoms with Crippen molar-refractivity contribution in [3.8, 4) is 0 Å². The Morgan fingerprint density at radius 1 is 1.35 bits per heavy atom. The molecule has 1 atom stereocenters. The minimum atomic E-state index is -4.37. The Kier molecular flexibility index (Phi) is 4.17. The number of benzene rings is 1. The van der Waals surface area contributed by atoms with Crippen molar-refractivity contribution in [2.24, 2.45) is 0 Å². The molecule has 1 aliphatic heterocycles. The molecule has 0 radical (unpaired) electrons. The van der Waals surface area contributed by atoms with Crippen molar-refractivity contribution in [2.45, 2.75) is 12.2 Å². The molecule has 0 bridgehead atoms. The van der Waals surface area contributed by atoms with Crippen molar-refractivity contribution in [3.63, 3.8) is 0 Å². The topological polar surface area (TPSA) is 38.8 Å². The van der Waals surface area contributed by atoms with Gasteiger partial charge in [-0.25, -0.2) is 4.79 Å². The Balaban J connectivity index is 2.22. The van der Waals surface area contributed by atoms with Gasteiger partial charge in [0.25, 0.3) is 0 Å². The van der Waals surface area contributed by atoms with E-state index in [1.54, 1.807) is 4.90 Å². The first-order valence-corrected chi connectivity index (χ1v) is 6.03. The Morgan fingerprint density at radius 2 is 2.00 bits per heavy atom. The number of hydrogen-bond acceptors (Lipinski definition) is 4. The van der Waals surface area contributed by atoms with Gasteiger partial charge in [0.1, 0.15) is 0 Å². The zero-order valence-corrected chi connectivity index (χ0v) is 10.8. The Morgan fingerprint density at radius 3 is 2.55 bits per heavy atom. The maximum atomic E-state index is 12.5. The van der Waals surface area contributed by atoms with Crippen molar-refractivity contribution in [2.75, 3.05) is 31.8 Å². The summed E-state index contributed by atoms with van der Waals surface area (Å²) in [5, 5.41) is 0. The molecule has 2 rings (SSSR count). The molecule has 0 aliphatic carbocycles. The fraction of sp³-hybridized carbons (Fsp3) is 0.462. The Labute approximate surface area is 114 Å². The number of methoxy groups -OCH3 is 1. The van der Waals surface area contributed by atoms with Crippen LogP contribution in [0, 0.1) is 0 Å². The lowest BCUT2D eigenvalue weighted by Gasteiger charge is -2.35. The van der Waals surface area contributed by atoms with Crippen LogP contribution >= 0.6 is 0 Å². The molecule has 1 heterocycles. The average Bonchev–Trinajstić information content (AvgIpc) is 2.45. The van der Waals surface area contributed by atoms with Gasteiger partial charge in [-0.2, -0.15) is 13.2 Å². The molecule has 1 saturated heterocycles. The molecule has 0 aromatic heterocycles. The maximum absolute atomic E-state index is 12.5. The zero-order chi connectivity index (χ0) is 14.8. The predicted molar refractivity (Wildman–Crippen MR) is 65.4 cm³/mol. The fourth-order valence-corrected chi connectivity index (χ4v) is 2.09. The van der Waals surface area contributed by atoms with Crippen LogP contribution in [0.5, 0.6) is 0 Å². The summed E-state index contributed by atoms with van der Waals surface area (Å²) < 4.78 is 47.4. The third kappa shape index (κ3) is 3.04. The van der Waals surface area contributed by atoms with E-state index in [2.05, 4.69) is 4.74 Å². The molecular weight excluding hydrogens is 275 g/mol. The van der Waals surface area contributed by atoms with Crippen LogP contribution in [0.15, 0.2) is 24.3 Å². The third-order valence-corrected chi connectivity index (χ3v) is 3.13. The summed E-state index contributed by atoms with van der Waals surface area (Å²) in [4.78, 5) is 13.3. The number of nitrogens with zero attached hydrogens (tertiary/aromatic N) is 1. The van der Waals surface area contributed by atoms with Crippen molar-refractivity contribution in [1.82, 2.24) is 0 Å². The Bertz CT molecular complexity index is 473. The first-order valence-electron chi connectivity index (χ1n) is 6.03. The highest BCUT2D eigenvalue weighted by Gasteiger charge is 2.33. The standard InChI is InChI=1S/C13H14F3NO3/c1-19-12(18)11-8-20-7-6-17(11)10-4-2-9(3-5-10)13(14,15)16/h2-5,11H,6-8H2,1H3. The van der Waals surface area contributed by atoms with Gasteiger partial charge in [-0.05, 0) is 24.3 Å². The van der Waals surface area contributed by atoms with E-state index in [9.17, 15) is 18.0 Å². The number of carbonyl (C=O) groups is 1. The van der Waals surface area contributed by atoms with E-state index in [0.717, 1.165) is 12.1 Å². The highest BCUT2D eigenvalue weighted by Crippen LogP contribution is 2.31. The number of carbonyl (C=O) groups excluding carboxylic acids is 1. The van der Waals surface area contributed by atoms with Gasteiger partial charge in [-0.1, -0.05) is 0 Å². The molecule has 1 aromatic carbocycles. The Hall–Kier alpha value is -1.76. The van der Waals surface area contributed by atoms with Crippen LogP contribution < -0.4 is 4.90 Å². The maximum Gasteiger partial charge on any atom is 0.416 e. The van der Waals surface area contributed by atoms with E-state index in [0.29, 0.717) is 18.8 Å². The van der Waals surface area contributed by atoms with Gasteiger partial charge in [0.05, 0.1) is 25.9 Å². The molecule has 1 fully saturated rings. The minimum absolute atomic E-state index is 0.160. The van der Waals surface area contributed by atoms with Gasteiger partial charge in [0, 0.05) is 12.2 Å². The molecule has 0 N–H and O–H groups in total. The molecule has 0 amide bonds. The molecule has 1 unspecified atom stereocenters. The first-order chi connectivity index (χ1) is 9.43. The van der Waals surface area contributed by atoms with Gasteiger partial charge in [-0.15, -0.1) is 0 Å². The van der Waals surface area contributed by atoms with Crippen LogP contribution in [0.2, 0.25) is 0 Å². The predicted octanol–water partition coefficient (Wildman–Crippen LogP) is 2.08. The summed E-state index contributed by atoms with van der Waals surface area (Å²) >= 11 is 0. The molecule has 0 saturated carbocycles. The lowest BCUT2D eigenvalue weighted by Crippen LogP contribution is -2.50. The highest BCUT2D eigenvalue weighted by molar-refractivity contribution is 5.80. The van der Waals surface area contributed by atoms with Crippen molar-refractivity contribution in [1.29, 1.82) is 0 Å². The summed E-state index contributed by atoms with van der Waals surface area (Å²) in [6.45, 7) is 0.993. The number of esters is 1. The van der Waals surface area contributed by atoms with Crippen molar-refractivity contribution >= 4 is 11.7 Å². The van der Waals surface area contributed by atoms with E-state index in [1.165, 1.54) is 19.2 Å². The van der Waals surface area contributed by atoms with E-state index in [-0.39, 0.29) is 6.61 Å². The van der Waals surface area contributed by atoms with Gasteiger partial charge in [0.2, 0.25) is 0 Å². The molecule has 1 aliphatic rings. The first kappa shape index (κ1) is 14.6. The lowest BCUT2D eigenvalue weighted by molar-refractivity contribution is -0.144. The smallest absolute Gasteiger partial charge is 0.416 e. The zero-order valence-electron chi connectivity index (χ0n) is 10.8. The van der Waals surface area contributed by atoms with E-state index in [4.69, 9.17) is 4.74 Å². The second-order valence-electron chi connectivity index (χ2n) is 4.35. The van der Waals surface area contributed by atoms with Crippen LogP contribution in [-0.4, -0.2) is 38.9 Å². The van der Waals surface area contributed by atoms with Crippen molar-refractivity contribution in [3.05, 3.63) is 29.8 Å². The third-order valence-electron chi connectivity index (χ3n) is 3.13. The summed E-state index contributed by atoms with van der Waals surface area (Å²) in [7, 11) is 1.27. The number of ether oxygens (including phenoxy) is 2. The highest BCUT2D eigenvalue weighted by atomic mass is 19.4. The van der Waals surface area contributed by atoms with Gasteiger partial charge in [0.15, 0.2) is 6.04 Å². The minimum Gasteiger partial charge on any atom is -0.467 e. The summed E-state index contributed by atoms with van der Waals surface area (Å²) in [5.41, 5.74) is -0.180. The lowest BCUT2D eigenvalue weighted by atomic mass is 10.1. The average molecular weight is 289 g/mol. The molecule has 7 heteroatoms. The monoisotopic (exact) mass is 289 g/mol. The van der Waals surface area contributed by atoms with E-state index >= 15 is 0 Å². The van der Waals surface area contributed by atoms with Gasteiger partial charge in [-0.3, -0.25) is 0 Å². The number of halogens is 3. The SMILES string of the molecule is COC(=O)C1COCCN1c1ccc(C(F)(F)F)cc1. The molecule has 0 spiro atoms. The summed E-state index contributed by atoms with van der Waals surface area (Å²) in [6, 6.07) is 4.07. The van der Waals surface area contributed by atoms with Crippen LogP contribution in [0.25, 0.3) is 0 Å². The van der Waals surface area contributed by atoms with Crippen LogP contribution in [0.3, 0.4) is 0 Å². The van der Waals surface area contributed by atoms with Crippen LogP contribution in [-0.2, 0) is 20.4 Å². The number of alkyl halides is 3. The quantitative estimate of drug-likeness (QED) is 0.781. The molecule has 4 nitrogen and oxygen atoms in total. The molecular formula is C13H14F3NO3. The molecule has 20 heavy (non-hydrogen) atoms. The van der Waals surface area contributed by atoms with Gasteiger partial charge >= 0.3 is 12.1 Å². The summed E-state index contributed by atoms with van der Waals surface area (Å²) in [5.74, 6) is -0.468. The van der Waals surface area contributed by atoms with E-state index in [1.807, 2.05) is 0 Å². The second kappa shape index (κ2) is 5.70. The number of rotatable bonds is 2. The second-order valence-corrected chi connectivity index (χ2v) is 4.35. The number of anilines is 1. The van der Waals surface area contributed by atoms with Crippen LogP contribution in [0.4, 0.5) is 18.9 Å². The van der Waals surface area contributed by atoms with Gasteiger partial charge < -0.3 is 14.4 Å². The summed E-state index contributed by atoms with van der Waals surface area (Å²) in [6.07, 6.45) is -4.37. The number of hydrogen-bond donors (Lipinski definition) is 0. The van der Waals surface area contributed by atoms with Crippen LogP contribution in [0.1, 0.15) is 5.56 Å².